The van der Waals surface area contributed by atoms with Crippen LogP contribution in [0.4, 0.5) is 17.6 Å². The van der Waals surface area contributed by atoms with Gasteiger partial charge in [0, 0.05) is 42.8 Å². The molecule has 0 atom stereocenters. The molecule has 2 rings (SSSR count). The molecule has 7 heteroatoms. The summed E-state index contributed by atoms with van der Waals surface area (Å²) >= 11 is 3.19. The van der Waals surface area contributed by atoms with E-state index >= 15 is 0 Å². The predicted octanol–water partition coefficient (Wildman–Crippen LogP) is 3.27. The highest BCUT2D eigenvalue weighted by Crippen LogP contribution is 2.20. The maximum atomic E-state index is 13.7. The van der Waals surface area contributed by atoms with Gasteiger partial charge in [0.25, 0.3) is 0 Å². The summed E-state index contributed by atoms with van der Waals surface area (Å²) in [5.41, 5.74) is 0.567. The lowest BCUT2D eigenvalue weighted by Crippen LogP contribution is -2.48. The third kappa shape index (κ3) is 4.71. The van der Waals surface area contributed by atoms with Crippen LogP contribution in [0.15, 0.2) is 22.7 Å². The van der Waals surface area contributed by atoms with Crippen LogP contribution in [-0.2, 0) is 6.54 Å². The van der Waals surface area contributed by atoms with Crippen LogP contribution in [0.3, 0.4) is 0 Å². The summed E-state index contributed by atoms with van der Waals surface area (Å²) in [6.45, 7) is 1.32. The van der Waals surface area contributed by atoms with Gasteiger partial charge >= 0.3 is 6.18 Å². The van der Waals surface area contributed by atoms with Crippen LogP contribution in [0, 0.1) is 5.82 Å². The highest BCUT2D eigenvalue weighted by molar-refractivity contribution is 9.10. The van der Waals surface area contributed by atoms with E-state index in [0.29, 0.717) is 42.8 Å². The van der Waals surface area contributed by atoms with E-state index in [2.05, 4.69) is 15.9 Å². The van der Waals surface area contributed by atoms with Crippen LogP contribution < -0.4 is 0 Å². The molecule has 0 aromatic heterocycles. The van der Waals surface area contributed by atoms with Crippen molar-refractivity contribution in [1.82, 2.24) is 9.80 Å². The number of hydrogen-bond acceptors (Lipinski definition) is 2. The van der Waals surface area contributed by atoms with E-state index in [1.165, 1.54) is 11.0 Å². The normalized spacial score (nSPS) is 18.4. The molecule has 20 heavy (non-hydrogen) atoms. The summed E-state index contributed by atoms with van der Waals surface area (Å²) in [4.78, 5) is 3.35. The summed E-state index contributed by atoms with van der Waals surface area (Å²) in [7, 11) is 0. The molecule has 0 radical (unpaired) electrons. The van der Waals surface area contributed by atoms with Gasteiger partial charge in [0.1, 0.15) is 5.82 Å². The maximum absolute atomic E-state index is 13.7. The second-order valence-corrected chi connectivity index (χ2v) is 5.82. The molecule has 0 unspecified atom stereocenters. The standard InChI is InChI=1S/C13H15BrF4N2/c14-11-2-1-10(12(15)7-11)8-19-3-5-20(6-4-19)9-13(16,17)18/h1-2,7H,3-6,8-9H2. The Morgan fingerprint density at radius 2 is 1.65 bits per heavy atom. The van der Waals surface area contributed by atoms with Gasteiger partial charge in [0.2, 0.25) is 0 Å². The van der Waals surface area contributed by atoms with Crippen LogP contribution in [0.2, 0.25) is 0 Å². The van der Waals surface area contributed by atoms with Gasteiger partial charge in [-0.15, -0.1) is 0 Å². The first-order chi connectivity index (χ1) is 9.33. The fourth-order valence-corrected chi connectivity index (χ4v) is 2.58. The van der Waals surface area contributed by atoms with Crippen molar-refractivity contribution >= 4 is 15.9 Å². The third-order valence-electron chi connectivity index (χ3n) is 3.28. The van der Waals surface area contributed by atoms with Crippen molar-refractivity contribution in [2.75, 3.05) is 32.7 Å². The van der Waals surface area contributed by atoms with E-state index in [1.807, 2.05) is 4.90 Å². The molecule has 112 valence electrons. The minimum absolute atomic E-state index is 0.294. The van der Waals surface area contributed by atoms with E-state index in [4.69, 9.17) is 0 Å². The lowest BCUT2D eigenvalue weighted by atomic mass is 10.2. The molecule has 1 aliphatic rings. The molecule has 0 spiro atoms. The van der Waals surface area contributed by atoms with Gasteiger partial charge < -0.3 is 0 Å². The molecule has 1 heterocycles. The molecule has 1 saturated heterocycles. The minimum atomic E-state index is -4.15. The van der Waals surface area contributed by atoms with Crippen LogP contribution in [0.1, 0.15) is 5.56 Å². The zero-order chi connectivity index (χ0) is 14.8. The first-order valence-electron chi connectivity index (χ1n) is 6.29. The Hall–Kier alpha value is -0.660. The average molecular weight is 355 g/mol. The molecule has 0 saturated carbocycles. The summed E-state index contributed by atoms with van der Waals surface area (Å²) < 4.78 is 51.2. The zero-order valence-electron chi connectivity index (χ0n) is 10.8. The number of rotatable bonds is 3. The van der Waals surface area contributed by atoms with Crippen molar-refractivity contribution in [2.45, 2.75) is 12.7 Å². The minimum Gasteiger partial charge on any atom is -0.296 e. The monoisotopic (exact) mass is 354 g/mol. The third-order valence-corrected chi connectivity index (χ3v) is 3.77. The summed E-state index contributed by atoms with van der Waals surface area (Å²) in [6.07, 6.45) is -4.15. The van der Waals surface area contributed by atoms with E-state index in [9.17, 15) is 17.6 Å². The Balaban J connectivity index is 1.85. The molecule has 0 bridgehead atoms. The topological polar surface area (TPSA) is 6.48 Å². The van der Waals surface area contributed by atoms with Crippen molar-refractivity contribution < 1.29 is 17.6 Å². The second-order valence-electron chi connectivity index (χ2n) is 4.90. The molecule has 1 aromatic carbocycles. The maximum Gasteiger partial charge on any atom is 0.401 e. The Bertz CT molecular complexity index is 456. The molecule has 0 aliphatic carbocycles. The number of nitrogens with zero attached hydrogens (tertiary/aromatic N) is 2. The molecular formula is C13H15BrF4N2. The first kappa shape index (κ1) is 15.7. The van der Waals surface area contributed by atoms with Crippen molar-refractivity contribution in [3.8, 4) is 0 Å². The lowest BCUT2D eigenvalue weighted by molar-refractivity contribution is -0.149. The molecule has 1 fully saturated rings. The summed E-state index contributed by atoms with van der Waals surface area (Å²) in [5, 5.41) is 0. The second kappa shape index (κ2) is 6.41. The van der Waals surface area contributed by atoms with Crippen LogP contribution in [0.5, 0.6) is 0 Å². The van der Waals surface area contributed by atoms with E-state index in [1.54, 1.807) is 12.1 Å². The van der Waals surface area contributed by atoms with Gasteiger partial charge in [-0.2, -0.15) is 13.2 Å². The van der Waals surface area contributed by atoms with Crippen LogP contribution in [-0.4, -0.2) is 48.7 Å². The van der Waals surface area contributed by atoms with Crippen LogP contribution in [0.25, 0.3) is 0 Å². The Labute approximate surface area is 123 Å². The Kier molecular flexibility index (Phi) is 5.04. The van der Waals surface area contributed by atoms with Crippen molar-refractivity contribution in [3.63, 3.8) is 0 Å². The summed E-state index contributed by atoms with van der Waals surface area (Å²) in [5.74, 6) is -0.294. The Morgan fingerprint density at radius 3 is 2.20 bits per heavy atom. The smallest absolute Gasteiger partial charge is 0.296 e. The number of alkyl halides is 3. The van der Waals surface area contributed by atoms with Gasteiger partial charge in [-0.3, -0.25) is 9.80 Å². The Morgan fingerprint density at radius 1 is 1.05 bits per heavy atom. The van der Waals surface area contributed by atoms with Crippen molar-refractivity contribution in [3.05, 3.63) is 34.1 Å². The largest absolute Gasteiger partial charge is 0.401 e. The first-order valence-corrected chi connectivity index (χ1v) is 7.08. The zero-order valence-corrected chi connectivity index (χ0v) is 12.3. The van der Waals surface area contributed by atoms with Gasteiger partial charge in [-0.05, 0) is 12.1 Å². The molecule has 1 aromatic rings. The highest BCUT2D eigenvalue weighted by Gasteiger charge is 2.32. The lowest BCUT2D eigenvalue weighted by Gasteiger charge is -2.35. The molecule has 0 amide bonds. The molecule has 0 N–H and O–H groups in total. The number of halogens is 5. The van der Waals surface area contributed by atoms with Crippen molar-refractivity contribution in [2.24, 2.45) is 0 Å². The summed E-state index contributed by atoms with van der Waals surface area (Å²) in [6, 6.07) is 4.86. The van der Waals surface area contributed by atoms with Crippen LogP contribution >= 0.6 is 15.9 Å². The quantitative estimate of drug-likeness (QED) is 0.768. The van der Waals surface area contributed by atoms with Crippen molar-refractivity contribution in [1.29, 1.82) is 0 Å². The van der Waals surface area contributed by atoms with Gasteiger partial charge in [-0.1, -0.05) is 22.0 Å². The van der Waals surface area contributed by atoms with Gasteiger partial charge in [-0.25, -0.2) is 4.39 Å². The molecule has 1 aliphatic heterocycles. The SMILES string of the molecule is Fc1cc(Br)ccc1CN1CCN(CC(F)(F)F)CC1. The average Bonchev–Trinajstić information content (AvgIpc) is 2.33. The molecular weight excluding hydrogens is 340 g/mol. The molecule has 2 nitrogen and oxygen atoms in total. The van der Waals surface area contributed by atoms with E-state index in [-0.39, 0.29) is 5.82 Å². The fraction of sp³-hybridized carbons (Fsp3) is 0.538. The van der Waals surface area contributed by atoms with Gasteiger partial charge in [0.15, 0.2) is 0 Å². The van der Waals surface area contributed by atoms with Gasteiger partial charge in [0.05, 0.1) is 6.54 Å². The highest BCUT2D eigenvalue weighted by atomic mass is 79.9. The van der Waals surface area contributed by atoms with E-state index in [0.717, 1.165) is 0 Å². The fourth-order valence-electron chi connectivity index (χ4n) is 2.25. The predicted molar refractivity (Wildman–Crippen MR) is 71.9 cm³/mol. The number of benzene rings is 1. The number of piperazine rings is 1. The number of hydrogen-bond donors (Lipinski definition) is 0. The van der Waals surface area contributed by atoms with E-state index < -0.39 is 12.7 Å².